The van der Waals surface area contributed by atoms with Crippen LogP contribution in [0.15, 0.2) is 53.0 Å². The van der Waals surface area contributed by atoms with Crippen molar-refractivity contribution in [2.75, 3.05) is 12.8 Å². The molecule has 0 saturated heterocycles. The Morgan fingerprint density at radius 2 is 2.20 bits per heavy atom. The quantitative estimate of drug-likeness (QED) is 0.338. The Morgan fingerprint density at radius 3 is 2.88 bits per heavy atom. The van der Waals surface area contributed by atoms with Crippen LogP contribution in [-0.2, 0) is 6.54 Å². The van der Waals surface area contributed by atoms with Gasteiger partial charge < -0.3 is 5.32 Å². The van der Waals surface area contributed by atoms with Crippen LogP contribution in [-0.4, -0.2) is 24.0 Å². The minimum absolute atomic E-state index is 0.321. The molecule has 0 aromatic carbocycles. The number of hydrogen-bond donors (Lipinski definition) is 1. The Kier molecular flexibility index (Phi) is 9.85. The van der Waals surface area contributed by atoms with E-state index in [0.29, 0.717) is 23.9 Å². The van der Waals surface area contributed by atoms with Crippen molar-refractivity contribution < 1.29 is 4.39 Å². The molecule has 136 valence electrons. The molecule has 1 heterocycles. The SMILES string of the molecule is C=C(CC(C)/C=C/CCSC(=C)C)NCc1nc(/C=N/C)ccc1F. The van der Waals surface area contributed by atoms with E-state index < -0.39 is 0 Å². The molecule has 3 nitrogen and oxygen atoms in total. The summed E-state index contributed by atoms with van der Waals surface area (Å²) in [5, 5.41) is 3.17. The maximum Gasteiger partial charge on any atom is 0.146 e. The molecule has 0 radical (unpaired) electrons. The molecule has 5 heteroatoms. The van der Waals surface area contributed by atoms with Crippen molar-refractivity contribution in [3.8, 4) is 0 Å². The lowest BCUT2D eigenvalue weighted by molar-refractivity contribution is 0.579. The summed E-state index contributed by atoms with van der Waals surface area (Å²) in [6, 6.07) is 3.03. The lowest BCUT2D eigenvalue weighted by Crippen LogP contribution is -2.16. The van der Waals surface area contributed by atoms with Gasteiger partial charge in [0, 0.05) is 24.7 Å². The van der Waals surface area contributed by atoms with Crippen LogP contribution in [0.5, 0.6) is 0 Å². The number of hydrogen-bond acceptors (Lipinski definition) is 4. The predicted octanol–water partition coefficient (Wildman–Crippen LogP) is 5.11. The van der Waals surface area contributed by atoms with E-state index in [1.807, 2.05) is 6.92 Å². The molecule has 1 aromatic rings. The van der Waals surface area contributed by atoms with Crippen LogP contribution < -0.4 is 5.32 Å². The van der Waals surface area contributed by atoms with E-state index in [4.69, 9.17) is 0 Å². The largest absolute Gasteiger partial charge is 0.383 e. The Hall–Kier alpha value is -1.88. The third kappa shape index (κ3) is 9.25. The first kappa shape index (κ1) is 21.2. The molecule has 25 heavy (non-hydrogen) atoms. The zero-order valence-electron chi connectivity index (χ0n) is 15.4. The highest BCUT2D eigenvalue weighted by Crippen LogP contribution is 2.15. The number of pyridine rings is 1. The smallest absolute Gasteiger partial charge is 0.146 e. The van der Waals surface area contributed by atoms with Crippen LogP contribution in [0.4, 0.5) is 4.39 Å². The van der Waals surface area contributed by atoms with Gasteiger partial charge in [0.15, 0.2) is 0 Å². The van der Waals surface area contributed by atoms with E-state index in [1.165, 1.54) is 6.07 Å². The van der Waals surface area contributed by atoms with Gasteiger partial charge in [-0.1, -0.05) is 32.2 Å². The first-order valence-corrected chi connectivity index (χ1v) is 9.35. The highest BCUT2D eigenvalue weighted by atomic mass is 32.2. The lowest BCUT2D eigenvalue weighted by Gasteiger charge is -2.13. The van der Waals surface area contributed by atoms with Crippen LogP contribution in [0.1, 0.15) is 38.1 Å². The van der Waals surface area contributed by atoms with Gasteiger partial charge in [-0.15, -0.1) is 11.8 Å². The van der Waals surface area contributed by atoms with Gasteiger partial charge >= 0.3 is 0 Å². The fraction of sp³-hybridized carbons (Fsp3) is 0.400. The van der Waals surface area contributed by atoms with Gasteiger partial charge in [0.1, 0.15) is 5.82 Å². The number of nitrogens with zero attached hydrogens (tertiary/aromatic N) is 2. The molecular weight excluding hydrogens is 333 g/mol. The van der Waals surface area contributed by atoms with Crippen LogP contribution in [0, 0.1) is 11.7 Å². The average Bonchev–Trinajstić information content (AvgIpc) is 2.55. The molecular formula is C20H28FN3S. The molecule has 1 atom stereocenters. The van der Waals surface area contributed by atoms with Crippen molar-refractivity contribution in [1.82, 2.24) is 10.3 Å². The first-order valence-electron chi connectivity index (χ1n) is 8.36. The zero-order valence-corrected chi connectivity index (χ0v) is 16.2. The van der Waals surface area contributed by atoms with Crippen LogP contribution in [0.2, 0.25) is 0 Å². The number of aromatic nitrogens is 1. The maximum atomic E-state index is 13.8. The maximum absolute atomic E-state index is 13.8. The molecule has 0 bridgehead atoms. The molecule has 1 N–H and O–H groups in total. The Labute approximate surface area is 155 Å². The van der Waals surface area contributed by atoms with Gasteiger partial charge in [0.05, 0.1) is 17.9 Å². The third-order valence-corrected chi connectivity index (χ3v) is 4.31. The molecule has 0 saturated carbocycles. The number of halogens is 1. The highest BCUT2D eigenvalue weighted by molar-refractivity contribution is 8.03. The number of thioether (sulfide) groups is 1. The van der Waals surface area contributed by atoms with E-state index in [9.17, 15) is 4.39 Å². The third-order valence-electron chi connectivity index (χ3n) is 3.37. The Bertz CT molecular complexity index is 638. The lowest BCUT2D eigenvalue weighted by atomic mass is 10.1. The number of aliphatic imine (C=N–C) groups is 1. The Balaban J connectivity index is 2.40. The summed E-state index contributed by atoms with van der Waals surface area (Å²) < 4.78 is 13.8. The molecule has 0 aliphatic rings. The van der Waals surface area contributed by atoms with Crippen molar-refractivity contribution >= 4 is 18.0 Å². The van der Waals surface area contributed by atoms with E-state index in [-0.39, 0.29) is 5.82 Å². The van der Waals surface area contributed by atoms with Crippen molar-refractivity contribution in [3.05, 3.63) is 65.2 Å². The molecule has 0 fully saturated rings. The number of rotatable bonds is 11. The molecule has 1 rings (SSSR count). The summed E-state index contributed by atoms with van der Waals surface area (Å²) in [5.41, 5.74) is 1.90. The van der Waals surface area contributed by atoms with Crippen LogP contribution >= 0.6 is 11.8 Å². The summed E-state index contributed by atoms with van der Waals surface area (Å²) >= 11 is 1.78. The van der Waals surface area contributed by atoms with Gasteiger partial charge in [-0.3, -0.25) is 4.99 Å². The van der Waals surface area contributed by atoms with Gasteiger partial charge in [-0.2, -0.15) is 0 Å². The Morgan fingerprint density at radius 1 is 1.44 bits per heavy atom. The summed E-state index contributed by atoms with van der Waals surface area (Å²) in [6.07, 6.45) is 7.84. The van der Waals surface area contributed by atoms with E-state index >= 15 is 0 Å². The second-order valence-corrected chi connectivity index (χ2v) is 7.35. The van der Waals surface area contributed by atoms with E-state index in [1.54, 1.807) is 31.1 Å². The molecule has 0 spiro atoms. The van der Waals surface area contributed by atoms with E-state index in [2.05, 4.69) is 47.5 Å². The van der Waals surface area contributed by atoms with Crippen molar-refractivity contribution in [2.24, 2.45) is 10.9 Å². The van der Waals surface area contributed by atoms with Crippen molar-refractivity contribution in [1.29, 1.82) is 0 Å². The van der Waals surface area contributed by atoms with Crippen molar-refractivity contribution in [3.63, 3.8) is 0 Å². The second-order valence-electron chi connectivity index (χ2n) is 5.96. The molecule has 1 aromatic heterocycles. The van der Waals surface area contributed by atoms with Gasteiger partial charge in [0.2, 0.25) is 0 Å². The predicted molar refractivity (Wildman–Crippen MR) is 109 cm³/mol. The fourth-order valence-electron chi connectivity index (χ4n) is 2.20. The molecule has 0 aliphatic carbocycles. The minimum atomic E-state index is -0.323. The minimum Gasteiger partial charge on any atom is -0.383 e. The standard InChI is InChI=1S/C20H28FN3S/c1-15(2)25-11-7-6-8-16(3)12-17(4)23-14-20-19(21)10-9-18(24-20)13-22-5/h6,8-10,13,16,23H,1,4,7,11-12,14H2,2-3,5H3/b8-6+,22-13+. The second kappa shape index (κ2) is 11.6. The highest BCUT2D eigenvalue weighted by Gasteiger charge is 2.06. The van der Waals surface area contributed by atoms with Gasteiger partial charge in [-0.25, -0.2) is 9.37 Å². The summed E-state index contributed by atoms with van der Waals surface area (Å²) in [4.78, 5) is 9.29. The average molecular weight is 362 g/mol. The van der Waals surface area contributed by atoms with Crippen molar-refractivity contribution in [2.45, 2.75) is 33.2 Å². The normalized spacial score (nSPS) is 12.6. The summed E-state index contributed by atoms with van der Waals surface area (Å²) in [6.45, 7) is 12.4. The van der Waals surface area contributed by atoms with Gasteiger partial charge in [-0.05, 0) is 42.7 Å². The molecule has 0 amide bonds. The number of allylic oxidation sites excluding steroid dienone is 4. The van der Waals surface area contributed by atoms with Gasteiger partial charge in [0.25, 0.3) is 0 Å². The van der Waals surface area contributed by atoms with Crippen LogP contribution in [0.3, 0.4) is 0 Å². The summed E-state index contributed by atoms with van der Waals surface area (Å²) in [7, 11) is 1.66. The van der Waals surface area contributed by atoms with Crippen LogP contribution in [0.25, 0.3) is 0 Å². The van der Waals surface area contributed by atoms with E-state index in [0.717, 1.165) is 29.2 Å². The summed E-state index contributed by atoms with van der Waals surface area (Å²) in [5.74, 6) is 1.11. The monoisotopic (exact) mass is 361 g/mol. The molecule has 0 aliphatic heterocycles. The topological polar surface area (TPSA) is 37.3 Å². The molecule has 1 unspecified atom stereocenters. The fourth-order valence-corrected chi connectivity index (χ4v) is 2.80. The zero-order chi connectivity index (χ0) is 18.7. The first-order chi connectivity index (χ1) is 11.9. The number of nitrogens with one attached hydrogen (secondary N) is 1.